The van der Waals surface area contributed by atoms with Crippen molar-refractivity contribution in [1.82, 2.24) is 4.90 Å². The number of hydrogen-bond acceptors (Lipinski definition) is 4. The molecule has 2 heterocycles. The molecule has 0 saturated carbocycles. The fraction of sp³-hybridized carbons (Fsp3) is 0.500. The maximum Gasteiger partial charge on any atom is 0.310 e. The molecule has 1 aromatic heterocycles. The van der Waals surface area contributed by atoms with Gasteiger partial charge in [-0.3, -0.25) is 9.59 Å². The van der Waals surface area contributed by atoms with Gasteiger partial charge in [0.25, 0.3) is 5.91 Å². The van der Waals surface area contributed by atoms with Gasteiger partial charge in [-0.25, -0.2) is 0 Å². The number of aryl methyl sites for hydroxylation is 1. The number of piperidine rings is 1. The standard InChI is InChI=1S/C20H25NO4/c1-13-7-8-17-16(11-24-18(17)9-13)10-20(23)25-12-19(22)21-14(2)5-4-6-15(21)3/h7-9,11,14-15H,4-6,10,12H2,1-3H3/t14-,15-/m1/s1. The minimum atomic E-state index is -0.408. The van der Waals surface area contributed by atoms with E-state index >= 15 is 0 Å². The van der Waals surface area contributed by atoms with Crippen LogP contribution < -0.4 is 0 Å². The Morgan fingerprint density at radius 1 is 1.24 bits per heavy atom. The number of ether oxygens (including phenoxy) is 1. The van der Waals surface area contributed by atoms with E-state index in [1.165, 1.54) is 0 Å². The van der Waals surface area contributed by atoms with Gasteiger partial charge in [0.05, 0.1) is 12.7 Å². The highest BCUT2D eigenvalue weighted by atomic mass is 16.5. The Hall–Kier alpha value is -2.30. The first-order valence-electron chi connectivity index (χ1n) is 8.89. The fourth-order valence-corrected chi connectivity index (χ4v) is 3.66. The molecule has 1 saturated heterocycles. The smallest absolute Gasteiger partial charge is 0.310 e. The number of nitrogens with zero attached hydrogens (tertiary/aromatic N) is 1. The number of benzene rings is 1. The predicted molar refractivity (Wildman–Crippen MR) is 95.2 cm³/mol. The number of carbonyl (C=O) groups is 2. The van der Waals surface area contributed by atoms with Gasteiger partial charge in [0, 0.05) is 23.0 Å². The molecule has 1 amide bonds. The molecule has 3 rings (SSSR count). The number of likely N-dealkylation sites (tertiary alicyclic amines) is 1. The summed E-state index contributed by atoms with van der Waals surface area (Å²) >= 11 is 0. The molecule has 1 aliphatic rings. The van der Waals surface area contributed by atoms with Gasteiger partial charge in [-0.1, -0.05) is 12.1 Å². The molecule has 0 spiro atoms. The maximum atomic E-state index is 12.4. The van der Waals surface area contributed by atoms with Crippen molar-refractivity contribution in [2.24, 2.45) is 0 Å². The molecule has 0 bridgehead atoms. The summed E-state index contributed by atoms with van der Waals surface area (Å²) in [7, 11) is 0. The van der Waals surface area contributed by atoms with E-state index in [0.717, 1.165) is 41.4 Å². The Morgan fingerprint density at radius 3 is 2.68 bits per heavy atom. The largest absolute Gasteiger partial charge is 0.464 e. The highest BCUT2D eigenvalue weighted by Crippen LogP contribution is 2.24. The van der Waals surface area contributed by atoms with Crippen molar-refractivity contribution >= 4 is 22.8 Å². The van der Waals surface area contributed by atoms with E-state index in [4.69, 9.17) is 9.15 Å². The second-order valence-electron chi connectivity index (χ2n) is 7.03. The third-order valence-corrected chi connectivity index (χ3v) is 4.98. The molecule has 2 atom stereocenters. The number of hydrogen-bond donors (Lipinski definition) is 0. The van der Waals surface area contributed by atoms with Crippen LogP contribution in [0.3, 0.4) is 0 Å². The number of esters is 1. The molecular formula is C20H25NO4. The lowest BCUT2D eigenvalue weighted by Crippen LogP contribution is -2.49. The Kier molecular flexibility index (Phi) is 5.11. The van der Waals surface area contributed by atoms with E-state index in [1.54, 1.807) is 6.26 Å². The average Bonchev–Trinajstić information content (AvgIpc) is 2.94. The van der Waals surface area contributed by atoms with Crippen molar-refractivity contribution in [3.05, 3.63) is 35.6 Å². The summed E-state index contributed by atoms with van der Waals surface area (Å²) in [5, 5.41) is 0.909. The van der Waals surface area contributed by atoms with E-state index in [1.807, 2.05) is 30.0 Å². The molecule has 1 aromatic carbocycles. The van der Waals surface area contributed by atoms with Crippen molar-refractivity contribution in [3.63, 3.8) is 0 Å². The van der Waals surface area contributed by atoms with Crippen LogP contribution in [-0.4, -0.2) is 35.5 Å². The van der Waals surface area contributed by atoms with Gasteiger partial charge < -0.3 is 14.1 Å². The molecular weight excluding hydrogens is 318 g/mol. The van der Waals surface area contributed by atoms with Gasteiger partial charge in [0.1, 0.15) is 5.58 Å². The molecule has 0 radical (unpaired) electrons. The first-order chi connectivity index (χ1) is 12.0. The average molecular weight is 343 g/mol. The Morgan fingerprint density at radius 2 is 1.96 bits per heavy atom. The number of rotatable bonds is 4. The Balaban J connectivity index is 1.58. The number of fused-ring (bicyclic) bond motifs is 1. The minimum Gasteiger partial charge on any atom is -0.464 e. The van der Waals surface area contributed by atoms with Gasteiger partial charge in [0.2, 0.25) is 0 Å². The molecule has 1 fully saturated rings. The minimum absolute atomic E-state index is 0.106. The van der Waals surface area contributed by atoms with Crippen LogP contribution >= 0.6 is 0 Å². The van der Waals surface area contributed by atoms with Crippen LogP contribution in [0.2, 0.25) is 0 Å². The number of carbonyl (C=O) groups excluding carboxylic acids is 2. The van der Waals surface area contributed by atoms with Crippen LogP contribution in [0.15, 0.2) is 28.9 Å². The third-order valence-electron chi connectivity index (χ3n) is 4.98. The quantitative estimate of drug-likeness (QED) is 0.796. The topological polar surface area (TPSA) is 59.8 Å². The first kappa shape index (κ1) is 17.5. The second-order valence-corrected chi connectivity index (χ2v) is 7.03. The van der Waals surface area contributed by atoms with Crippen LogP contribution in [0.4, 0.5) is 0 Å². The van der Waals surface area contributed by atoms with Crippen LogP contribution in [0.25, 0.3) is 11.0 Å². The van der Waals surface area contributed by atoms with E-state index in [0.29, 0.717) is 0 Å². The van der Waals surface area contributed by atoms with Crippen molar-refractivity contribution < 1.29 is 18.7 Å². The third kappa shape index (κ3) is 3.86. The summed E-state index contributed by atoms with van der Waals surface area (Å²) in [6.45, 7) is 5.90. The summed E-state index contributed by atoms with van der Waals surface area (Å²) in [5.74, 6) is -0.519. The summed E-state index contributed by atoms with van der Waals surface area (Å²) in [4.78, 5) is 26.4. The molecule has 5 nitrogen and oxygen atoms in total. The zero-order chi connectivity index (χ0) is 18.0. The molecule has 0 unspecified atom stereocenters. The lowest BCUT2D eigenvalue weighted by molar-refractivity contribution is -0.154. The van der Waals surface area contributed by atoms with Gasteiger partial charge in [-0.15, -0.1) is 0 Å². The maximum absolute atomic E-state index is 12.4. The van der Waals surface area contributed by atoms with Gasteiger partial charge in [0.15, 0.2) is 6.61 Å². The van der Waals surface area contributed by atoms with Crippen LogP contribution in [0.1, 0.15) is 44.2 Å². The van der Waals surface area contributed by atoms with Crippen molar-refractivity contribution in [2.75, 3.05) is 6.61 Å². The lowest BCUT2D eigenvalue weighted by atomic mass is 9.97. The van der Waals surface area contributed by atoms with Gasteiger partial charge in [-0.05, 0) is 51.7 Å². The van der Waals surface area contributed by atoms with Gasteiger partial charge >= 0.3 is 5.97 Å². The molecule has 134 valence electrons. The van der Waals surface area contributed by atoms with E-state index < -0.39 is 5.97 Å². The summed E-state index contributed by atoms with van der Waals surface area (Å²) in [6.07, 6.45) is 4.84. The SMILES string of the molecule is Cc1ccc2c(CC(=O)OCC(=O)N3[C@H](C)CCC[C@H]3C)coc2c1. The van der Waals surface area contributed by atoms with Crippen molar-refractivity contribution in [3.8, 4) is 0 Å². The summed E-state index contributed by atoms with van der Waals surface area (Å²) in [5.41, 5.74) is 2.65. The number of furan rings is 1. The zero-order valence-electron chi connectivity index (χ0n) is 15.1. The fourth-order valence-electron chi connectivity index (χ4n) is 3.66. The van der Waals surface area contributed by atoms with Crippen molar-refractivity contribution in [2.45, 2.75) is 58.5 Å². The summed E-state index contributed by atoms with van der Waals surface area (Å²) in [6, 6.07) is 6.27. The van der Waals surface area contributed by atoms with Gasteiger partial charge in [-0.2, -0.15) is 0 Å². The Labute approximate surface area is 147 Å². The first-order valence-corrected chi connectivity index (χ1v) is 8.89. The zero-order valence-corrected chi connectivity index (χ0v) is 15.1. The molecule has 25 heavy (non-hydrogen) atoms. The van der Waals surface area contributed by atoms with Crippen LogP contribution in [-0.2, 0) is 20.7 Å². The molecule has 2 aromatic rings. The lowest BCUT2D eigenvalue weighted by Gasteiger charge is -2.38. The highest BCUT2D eigenvalue weighted by molar-refractivity contribution is 5.87. The highest BCUT2D eigenvalue weighted by Gasteiger charge is 2.29. The molecule has 5 heteroatoms. The summed E-state index contributed by atoms with van der Waals surface area (Å²) < 4.78 is 10.7. The van der Waals surface area contributed by atoms with Crippen LogP contribution in [0, 0.1) is 6.92 Å². The normalized spacial score (nSPS) is 20.7. The molecule has 1 aliphatic heterocycles. The predicted octanol–water partition coefficient (Wildman–Crippen LogP) is 3.62. The van der Waals surface area contributed by atoms with E-state index in [2.05, 4.69) is 13.8 Å². The Bertz CT molecular complexity index is 769. The van der Waals surface area contributed by atoms with E-state index in [9.17, 15) is 9.59 Å². The number of amides is 1. The second kappa shape index (κ2) is 7.30. The van der Waals surface area contributed by atoms with E-state index in [-0.39, 0.29) is 31.0 Å². The van der Waals surface area contributed by atoms with Crippen molar-refractivity contribution in [1.29, 1.82) is 0 Å². The molecule has 0 aliphatic carbocycles. The molecule has 0 N–H and O–H groups in total. The van der Waals surface area contributed by atoms with Crippen LogP contribution in [0.5, 0.6) is 0 Å². The monoisotopic (exact) mass is 343 g/mol.